The van der Waals surface area contributed by atoms with Crippen LogP contribution in [0, 0.1) is 5.92 Å². The second-order valence-corrected chi connectivity index (χ2v) is 8.70. The minimum Gasteiger partial charge on any atom is -0.383 e. The minimum atomic E-state index is 0.640. The van der Waals surface area contributed by atoms with Crippen LogP contribution in [0.3, 0.4) is 0 Å². The van der Waals surface area contributed by atoms with E-state index in [0.29, 0.717) is 13.2 Å². The Bertz CT molecular complexity index is 952. The molecule has 0 aromatic carbocycles. The van der Waals surface area contributed by atoms with Crippen molar-refractivity contribution < 1.29 is 9.47 Å². The van der Waals surface area contributed by atoms with Crippen LogP contribution < -0.4 is 4.90 Å². The van der Waals surface area contributed by atoms with E-state index in [-0.39, 0.29) is 0 Å². The molecule has 0 saturated carbocycles. The number of methoxy groups -OCH3 is 2. The Morgan fingerprint density at radius 2 is 1.97 bits per heavy atom. The molecular formula is C22H28N4O2S. The molecule has 1 atom stereocenters. The van der Waals surface area contributed by atoms with Gasteiger partial charge in [-0.25, -0.2) is 9.97 Å². The van der Waals surface area contributed by atoms with Crippen molar-refractivity contribution in [1.29, 1.82) is 0 Å². The fraction of sp³-hybridized carbons (Fsp3) is 0.500. The Morgan fingerprint density at radius 1 is 1.17 bits per heavy atom. The van der Waals surface area contributed by atoms with Gasteiger partial charge in [0.2, 0.25) is 0 Å². The van der Waals surface area contributed by atoms with Gasteiger partial charge in [-0.1, -0.05) is 6.92 Å². The van der Waals surface area contributed by atoms with Gasteiger partial charge >= 0.3 is 0 Å². The van der Waals surface area contributed by atoms with Gasteiger partial charge in [0.1, 0.15) is 10.6 Å². The first kappa shape index (κ1) is 20.2. The molecule has 0 unspecified atom stereocenters. The van der Waals surface area contributed by atoms with Crippen molar-refractivity contribution in [3.05, 3.63) is 35.0 Å². The molecule has 0 saturated heterocycles. The molecule has 4 rings (SSSR count). The van der Waals surface area contributed by atoms with Crippen molar-refractivity contribution in [3.63, 3.8) is 0 Å². The van der Waals surface area contributed by atoms with E-state index in [2.05, 4.69) is 16.8 Å². The first-order valence-electron chi connectivity index (χ1n) is 10.2. The van der Waals surface area contributed by atoms with Crippen LogP contribution in [0.4, 0.5) is 5.82 Å². The van der Waals surface area contributed by atoms with Gasteiger partial charge in [-0.2, -0.15) is 0 Å². The molecule has 0 radical (unpaired) electrons. The van der Waals surface area contributed by atoms with E-state index in [1.54, 1.807) is 20.4 Å². The molecule has 0 fully saturated rings. The summed E-state index contributed by atoms with van der Waals surface area (Å²) in [5, 5.41) is 1.22. The quantitative estimate of drug-likeness (QED) is 0.558. The van der Waals surface area contributed by atoms with Crippen LogP contribution in [0.5, 0.6) is 0 Å². The molecule has 0 spiro atoms. The number of thiophene rings is 1. The number of rotatable bonds is 8. The smallest absolute Gasteiger partial charge is 0.164 e. The van der Waals surface area contributed by atoms with E-state index in [1.165, 1.54) is 22.2 Å². The number of nitrogens with zero attached hydrogens (tertiary/aromatic N) is 4. The van der Waals surface area contributed by atoms with E-state index in [0.717, 1.165) is 53.9 Å². The number of hydrogen-bond acceptors (Lipinski definition) is 7. The standard InChI is InChI=1S/C22H28N4O2S/c1-15-6-7-17-18(13-15)29-22-19(17)21(26(9-11-27-2)10-12-28-3)24-20(25-22)16-5-4-8-23-14-16/h4-5,8,14-15H,6-7,9-13H2,1-3H3/t15-/m1/s1. The monoisotopic (exact) mass is 412 g/mol. The predicted molar refractivity (Wildman–Crippen MR) is 118 cm³/mol. The Hall–Kier alpha value is -2.09. The van der Waals surface area contributed by atoms with Gasteiger partial charge < -0.3 is 14.4 Å². The summed E-state index contributed by atoms with van der Waals surface area (Å²) in [5.41, 5.74) is 2.38. The summed E-state index contributed by atoms with van der Waals surface area (Å²) in [6.07, 6.45) is 7.06. The second-order valence-electron chi connectivity index (χ2n) is 7.62. The van der Waals surface area contributed by atoms with Gasteiger partial charge in [-0.15, -0.1) is 11.3 Å². The summed E-state index contributed by atoms with van der Waals surface area (Å²) in [6, 6.07) is 3.94. The highest BCUT2D eigenvalue weighted by molar-refractivity contribution is 7.19. The lowest BCUT2D eigenvalue weighted by molar-refractivity contribution is 0.190. The van der Waals surface area contributed by atoms with Gasteiger partial charge in [0.25, 0.3) is 0 Å². The highest BCUT2D eigenvalue weighted by Gasteiger charge is 2.26. The highest BCUT2D eigenvalue weighted by Crippen LogP contribution is 2.41. The number of aromatic nitrogens is 3. The van der Waals surface area contributed by atoms with Crippen molar-refractivity contribution in [2.24, 2.45) is 5.92 Å². The van der Waals surface area contributed by atoms with Crippen molar-refractivity contribution in [2.75, 3.05) is 45.4 Å². The Morgan fingerprint density at radius 3 is 2.66 bits per heavy atom. The number of hydrogen-bond donors (Lipinski definition) is 0. The Balaban J connectivity index is 1.88. The van der Waals surface area contributed by atoms with Crippen LogP contribution in [-0.2, 0) is 22.3 Å². The van der Waals surface area contributed by atoms with Crippen molar-refractivity contribution >= 4 is 27.4 Å². The maximum absolute atomic E-state index is 5.38. The zero-order chi connectivity index (χ0) is 20.2. The lowest BCUT2D eigenvalue weighted by atomic mass is 9.89. The molecule has 0 bridgehead atoms. The van der Waals surface area contributed by atoms with Crippen LogP contribution >= 0.6 is 11.3 Å². The molecule has 154 valence electrons. The van der Waals surface area contributed by atoms with Crippen LogP contribution in [0.15, 0.2) is 24.5 Å². The minimum absolute atomic E-state index is 0.640. The third-order valence-corrected chi connectivity index (χ3v) is 6.63. The average Bonchev–Trinajstić information content (AvgIpc) is 3.11. The third-order valence-electron chi connectivity index (χ3n) is 5.49. The number of fused-ring (bicyclic) bond motifs is 3. The van der Waals surface area contributed by atoms with Gasteiger partial charge in [-0.3, -0.25) is 4.98 Å². The topological polar surface area (TPSA) is 60.4 Å². The Labute approximate surface area is 175 Å². The van der Waals surface area contributed by atoms with E-state index in [9.17, 15) is 0 Å². The Kier molecular flexibility index (Phi) is 6.37. The molecule has 0 aliphatic heterocycles. The molecule has 7 heteroatoms. The van der Waals surface area contributed by atoms with Crippen LogP contribution in [-0.4, -0.2) is 55.5 Å². The summed E-state index contributed by atoms with van der Waals surface area (Å²) < 4.78 is 10.8. The molecule has 3 heterocycles. The van der Waals surface area contributed by atoms with E-state index >= 15 is 0 Å². The molecule has 3 aromatic heterocycles. The molecule has 6 nitrogen and oxygen atoms in total. The van der Waals surface area contributed by atoms with Crippen molar-refractivity contribution in [1.82, 2.24) is 15.0 Å². The summed E-state index contributed by atoms with van der Waals surface area (Å²) >= 11 is 1.83. The fourth-order valence-corrected chi connectivity index (χ4v) is 5.28. The number of ether oxygens (including phenoxy) is 2. The molecule has 29 heavy (non-hydrogen) atoms. The van der Waals surface area contributed by atoms with E-state index < -0.39 is 0 Å². The van der Waals surface area contributed by atoms with E-state index in [4.69, 9.17) is 19.4 Å². The van der Waals surface area contributed by atoms with Gasteiger partial charge in [-0.05, 0) is 42.9 Å². The van der Waals surface area contributed by atoms with Crippen LogP contribution in [0.2, 0.25) is 0 Å². The maximum Gasteiger partial charge on any atom is 0.164 e. The second kappa shape index (κ2) is 9.15. The molecular weight excluding hydrogens is 384 g/mol. The average molecular weight is 413 g/mol. The third kappa shape index (κ3) is 4.27. The van der Waals surface area contributed by atoms with Gasteiger partial charge in [0, 0.05) is 50.1 Å². The molecule has 0 amide bonds. The molecule has 0 N–H and O–H groups in total. The van der Waals surface area contributed by atoms with Gasteiger partial charge in [0.05, 0.1) is 18.6 Å². The van der Waals surface area contributed by atoms with Crippen molar-refractivity contribution in [2.45, 2.75) is 26.2 Å². The SMILES string of the molecule is COCCN(CCOC)c1nc(-c2cccnc2)nc2sc3c(c12)CC[C@@H](C)C3. The van der Waals surface area contributed by atoms with Crippen molar-refractivity contribution in [3.8, 4) is 11.4 Å². The van der Waals surface area contributed by atoms with Crippen LogP contribution in [0.25, 0.3) is 21.6 Å². The number of aryl methyl sites for hydroxylation is 1. The summed E-state index contributed by atoms with van der Waals surface area (Å²) in [6.45, 7) is 5.14. The summed E-state index contributed by atoms with van der Waals surface area (Å²) in [5.74, 6) is 2.45. The summed E-state index contributed by atoms with van der Waals surface area (Å²) in [4.78, 5) is 19.1. The first-order chi connectivity index (χ1) is 14.2. The molecule has 1 aliphatic rings. The van der Waals surface area contributed by atoms with Crippen LogP contribution in [0.1, 0.15) is 23.8 Å². The molecule has 3 aromatic rings. The fourth-order valence-electron chi connectivity index (χ4n) is 3.90. The summed E-state index contributed by atoms with van der Waals surface area (Å²) in [7, 11) is 3.47. The first-order valence-corrected chi connectivity index (χ1v) is 11.0. The lowest BCUT2D eigenvalue weighted by Crippen LogP contribution is -2.32. The number of pyridine rings is 1. The predicted octanol–water partition coefficient (Wildman–Crippen LogP) is 3.98. The maximum atomic E-state index is 5.38. The zero-order valence-corrected chi connectivity index (χ0v) is 18.2. The van der Waals surface area contributed by atoms with E-state index in [1.807, 2.05) is 29.7 Å². The number of anilines is 1. The lowest BCUT2D eigenvalue weighted by Gasteiger charge is -2.25. The van der Waals surface area contributed by atoms with Gasteiger partial charge in [0.15, 0.2) is 5.82 Å². The zero-order valence-electron chi connectivity index (χ0n) is 17.4. The highest BCUT2D eigenvalue weighted by atomic mass is 32.1. The molecule has 1 aliphatic carbocycles. The largest absolute Gasteiger partial charge is 0.383 e. The normalized spacial score (nSPS) is 16.2.